The van der Waals surface area contributed by atoms with Crippen molar-refractivity contribution in [2.45, 2.75) is 45.1 Å². The molecule has 0 aromatic heterocycles. The van der Waals surface area contributed by atoms with E-state index in [-0.39, 0.29) is 12.2 Å². The molecule has 2 aromatic carbocycles. The topological polar surface area (TPSA) is 46.5 Å². The summed E-state index contributed by atoms with van der Waals surface area (Å²) >= 11 is 0. The number of aryl methyl sites for hydroxylation is 1. The quantitative estimate of drug-likeness (QED) is 0.700. The Bertz CT molecular complexity index is 629. The Hall–Kier alpha value is -2.13. The standard InChI is InChI=1S/C21H26O3/c1-3-4-5-6-16-7-11-18(12-8-16)21(23)20(22)15-17-9-13-19(24-2)14-10-17/h7-14,21,23H,3-6,15H2,1-2H3. The number of unbranched alkanes of at least 4 members (excludes halogenated alkanes) is 2. The minimum Gasteiger partial charge on any atom is -0.497 e. The number of methoxy groups -OCH3 is 1. The molecular formula is C21H26O3. The number of Topliss-reactive ketones (excluding diaryl/α,β-unsaturated/α-hetero) is 1. The molecule has 0 bridgehead atoms. The molecule has 128 valence electrons. The number of benzene rings is 2. The van der Waals surface area contributed by atoms with Gasteiger partial charge in [0.05, 0.1) is 7.11 Å². The molecule has 0 spiro atoms. The van der Waals surface area contributed by atoms with Gasteiger partial charge in [-0.15, -0.1) is 0 Å². The van der Waals surface area contributed by atoms with Gasteiger partial charge in [0.15, 0.2) is 5.78 Å². The zero-order chi connectivity index (χ0) is 17.4. The Kier molecular flexibility index (Phi) is 7.01. The molecule has 1 unspecified atom stereocenters. The van der Waals surface area contributed by atoms with E-state index in [2.05, 4.69) is 6.92 Å². The molecular weight excluding hydrogens is 300 g/mol. The fourth-order valence-electron chi connectivity index (χ4n) is 2.67. The monoisotopic (exact) mass is 326 g/mol. The summed E-state index contributed by atoms with van der Waals surface area (Å²) in [6.07, 6.45) is 3.79. The molecule has 2 rings (SSSR count). The fraction of sp³-hybridized carbons (Fsp3) is 0.381. The van der Waals surface area contributed by atoms with Gasteiger partial charge in [-0.1, -0.05) is 56.2 Å². The molecule has 0 aliphatic heterocycles. The van der Waals surface area contributed by atoms with Crippen LogP contribution in [0.2, 0.25) is 0 Å². The van der Waals surface area contributed by atoms with Gasteiger partial charge in [0.25, 0.3) is 0 Å². The first kappa shape index (κ1) is 18.2. The number of hydrogen-bond donors (Lipinski definition) is 1. The molecule has 0 aliphatic rings. The third kappa shape index (κ3) is 5.20. The van der Waals surface area contributed by atoms with Crippen LogP contribution in [0.15, 0.2) is 48.5 Å². The summed E-state index contributed by atoms with van der Waals surface area (Å²) in [6.45, 7) is 2.19. The highest BCUT2D eigenvalue weighted by molar-refractivity contribution is 5.86. The third-order valence-electron chi connectivity index (χ3n) is 4.21. The van der Waals surface area contributed by atoms with Gasteiger partial charge in [-0.25, -0.2) is 0 Å². The van der Waals surface area contributed by atoms with Crippen molar-refractivity contribution < 1.29 is 14.6 Å². The first-order valence-corrected chi connectivity index (χ1v) is 8.56. The molecule has 0 aliphatic carbocycles. The summed E-state index contributed by atoms with van der Waals surface area (Å²) in [7, 11) is 1.61. The van der Waals surface area contributed by atoms with Crippen LogP contribution in [0.4, 0.5) is 0 Å². The predicted molar refractivity (Wildman–Crippen MR) is 96.3 cm³/mol. The Morgan fingerprint density at radius 2 is 1.62 bits per heavy atom. The predicted octanol–water partition coefficient (Wildman–Crippen LogP) is 4.27. The van der Waals surface area contributed by atoms with E-state index >= 15 is 0 Å². The van der Waals surface area contributed by atoms with Crippen molar-refractivity contribution >= 4 is 5.78 Å². The Labute approximate surface area is 144 Å². The average Bonchev–Trinajstić information content (AvgIpc) is 2.62. The summed E-state index contributed by atoms with van der Waals surface area (Å²) in [5.74, 6) is 0.560. The molecule has 3 nitrogen and oxygen atoms in total. The van der Waals surface area contributed by atoms with E-state index in [0.717, 1.165) is 17.7 Å². The van der Waals surface area contributed by atoms with Crippen molar-refractivity contribution in [3.05, 3.63) is 65.2 Å². The number of rotatable bonds is 9. The molecule has 1 atom stereocenters. The molecule has 0 amide bonds. The number of aliphatic hydroxyl groups excluding tert-OH is 1. The Balaban J connectivity index is 1.94. The van der Waals surface area contributed by atoms with Crippen LogP contribution in [0, 0.1) is 0 Å². The number of ether oxygens (including phenoxy) is 1. The van der Waals surface area contributed by atoms with E-state index in [1.54, 1.807) is 7.11 Å². The highest BCUT2D eigenvalue weighted by Crippen LogP contribution is 2.19. The lowest BCUT2D eigenvalue weighted by atomic mass is 9.98. The van der Waals surface area contributed by atoms with Gasteiger partial charge in [0.2, 0.25) is 0 Å². The second-order valence-electron chi connectivity index (χ2n) is 6.09. The van der Waals surface area contributed by atoms with Gasteiger partial charge in [-0.3, -0.25) is 4.79 Å². The maximum atomic E-state index is 12.3. The summed E-state index contributed by atoms with van der Waals surface area (Å²) in [4.78, 5) is 12.3. The lowest BCUT2D eigenvalue weighted by Crippen LogP contribution is -2.14. The maximum absolute atomic E-state index is 12.3. The van der Waals surface area contributed by atoms with Crippen molar-refractivity contribution in [2.75, 3.05) is 7.11 Å². The highest BCUT2D eigenvalue weighted by atomic mass is 16.5. The van der Waals surface area contributed by atoms with Gasteiger partial charge in [0.1, 0.15) is 11.9 Å². The molecule has 0 saturated carbocycles. The number of carbonyl (C=O) groups is 1. The molecule has 2 aromatic rings. The van der Waals surface area contributed by atoms with E-state index < -0.39 is 6.10 Å². The van der Waals surface area contributed by atoms with Crippen molar-refractivity contribution in [1.29, 1.82) is 0 Å². The van der Waals surface area contributed by atoms with E-state index in [0.29, 0.717) is 5.56 Å². The first-order chi connectivity index (χ1) is 11.6. The Morgan fingerprint density at radius 1 is 1.00 bits per heavy atom. The average molecular weight is 326 g/mol. The van der Waals surface area contributed by atoms with Crippen LogP contribution in [0.3, 0.4) is 0 Å². The smallest absolute Gasteiger partial charge is 0.170 e. The van der Waals surface area contributed by atoms with Crippen molar-refractivity contribution in [3.63, 3.8) is 0 Å². The maximum Gasteiger partial charge on any atom is 0.170 e. The summed E-state index contributed by atoms with van der Waals surface area (Å²) < 4.78 is 5.10. The van der Waals surface area contributed by atoms with Gasteiger partial charge < -0.3 is 9.84 Å². The minimum atomic E-state index is -1.07. The molecule has 24 heavy (non-hydrogen) atoms. The lowest BCUT2D eigenvalue weighted by Gasteiger charge is -2.11. The SMILES string of the molecule is CCCCCc1ccc(C(O)C(=O)Cc2ccc(OC)cc2)cc1. The van der Waals surface area contributed by atoms with Crippen LogP contribution in [-0.4, -0.2) is 18.0 Å². The summed E-state index contributed by atoms with van der Waals surface area (Å²) in [5, 5.41) is 10.3. The van der Waals surface area contributed by atoms with Gasteiger partial charge >= 0.3 is 0 Å². The third-order valence-corrected chi connectivity index (χ3v) is 4.21. The van der Waals surface area contributed by atoms with Crippen LogP contribution < -0.4 is 4.74 Å². The van der Waals surface area contributed by atoms with Crippen LogP contribution in [0.5, 0.6) is 5.75 Å². The van der Waals surface area contributed by atoms with Crippen LogP contribution in [-0.2, 0) is 17.6 Å². The lowest BCUT2D eigenvalue weighted by molar-refractivity contribution is -0.126. The fourth-order valence-corrected chi connectivity index (χ4v) is 2.67. The normalized spacial score (nSPS) is 12.0. The van der Waals surface area contributed by atoms with Gasteiger partial charge in [-0.05, 0) is 41.7 Å². The summed E-state index contributed by atoms with van der Waals surface area (Å²) in [5.41, 5.74) is 2.78. The highest BCUT2D eigenvalue weighted by Gasteiger charge is 2.17. The van der Waals surface area contributed by atoms with Crippen LogP contribution in [0.25, 0.3) is 0 Å². The van der Waals surface area contributed by atoms with Crippen molar-refractivity contribution in [3.8, 4) is 5.75 Å². The molecule has 3 heteroatoms. The van der Waals surface area contributed by atoms with E-state index in [9.17, 15) is 9.90 Å². The largest absolute Gasteiger partial charge is 0.497 e. The van der Waals surface area contributed by atoms with Gasteiger partial charge in [-0.2, -0.15) is 0 Å². The number of carbonyl (C=O) groups excluding carboxylic acids is 1. The van der Waals surface area contributed by atoms with Crippen molar-refractivity contribution in [1.82, 2.24) is 0 Å². The van der Waals surface area contributed by atoms with E-state index in [1.165, 1.54) is 24.8 Å². The molecule has 1 N–H and O–H groups in total. The minimum absolute atomic E-state index is 0.195. The summed E-state index contributed by atoms with van der Waals surface area (Å²) in [6, 6.07) is 15.1. The zero-order valence-electron chi connectivity index (χ0n) is 14.5. The van der Waals surface area contributed by atoms with Gasteiger partial charge in [0, 0.05) is 6.42 Å². The van der Waals surface area contributed by atoms with Crippen molar-refractivity contribution in [2.24, 2.45) is 0 Å². The van der Waals surface area contributed by atoms with Crippen LogP contribution >= 0.6 is 0 Å². The number of aliphatic hydroxyl groups is 1. The molecule has 0 fully saturated rings. The van der Waals surface area contributed by atoms with E-state index in [4.69, 9.17) is 4.74 Å². The number of ketones is 1. The zero-order valence-corrected chi connectivity index (χ0v) is 14.5. The molecule has 0 heterocycles. The molecule has 0 saturated heterocycles. The van der Waals surface area contributed by atoms with Crippen LogP contribution in [0.1, 0.15) is 49.0 Å². The second-order valence-corrected chi connectivity index (χ2v) is 6.09. The van der Waals surface area contributed by atoms with E-state index in [1.807, 2.05) is 48.5 Å². The number of hydrogen-bond acceptors (Lipinski definition) is 3. The Morgan fingerprint density at radius 3 is 2.21 bits per heavy atom. The first-order valence-electron chi connectivity index (χ1n) is 8.56. The molecule has 0 radical (unpaired) electrons. The second kappa shape index (κ2) is 9.24.